The Balaban J connectivity index is 3.13. The Morgan fingerprint density at radius 1 is 1.90 bits per heavy atom. The van der Waals surface area contributed by atoms with Gasteiger partial charge in [-0.05, 0) is 6.92 Å². The first-order chi connectivity index (χ1) is 4.88. The van der Waals surface area contributed by atoms with Crippen LogP contribution in [0.25, 0.3) is 0 Å². The van der Waals surface area contributed by atoms with E-state index in [9.17, 15) is 0 Å². The van der Waals surface area contributed by atoms with Crippen molar-refractivity contribution >= 4 is 11.3 Å². The van der Waals surface area contributed by atoms with Gasteiger partial charge in [0.15, 0.2) is 4.80 Å². The molecule has 0 bridgehead atoms. The molecule has 0 amide bonds. The van der Waals surface area contributed by atoms with Gasteiger partial charge in [-0.15, -0.1) is 11.3 Å². The molecule has 54 valence electrons. The zero-order chi connectivity index (χ0) is 7.40. The van der Waals surface area contributed by atoms with Crippen molar-refractivity contribution in [1.29, 1.82) is 0 Å². The highest BCUT2D eigenvalue weighted by Crippen LogP contribution is 1.88. The molecule has 0 aliphatic rings. The maximum atomic E-state index is 4.08. The molecule has 0 aliphatic carbocycles. The van der Waals surface area contributed by atoms with Gasteiger partial charge >= 0.3 is 0 Å². The minimum atomic E-state index is 0.968. The summed E-state index contributed by atoms with van der Waals surface area (Å²) in [5, 5.41) is 2.02. The van der Waals surface area contributed by atoms with E-state index < -0.39 is 0 Å². The van der Waals surface area contributed by atoms with Crippen molar-refractivity contribution in [3.8, 4) is 0 Å². The van der Waals surface area contributed by atoms with E-state index in [-0.39, 0.29) is 0 Å². The standard InChI is InChI=1S/C7H10N2S/c1-3-8-7-9(4-2)5-6-10-7/h3,5-6H,1,4H2,2H3. The number of hydrogen-bond acceptors (Lipinski definition) is 2. The third-order valence-electron chi connectivity index (χ3n) is 1.20. The molecule has 0 fully saturated rings. The third-order valence-corrected chi connectivity index (χ3v) is 2.01. The van der Waals surface area contributed by atoms with Crippen molar-refractivity contribution in [3.63, 3.8) is 0 Å². The van der Waals surface area contributed by atoms with Gasteiger partial charge < -0.3 is 4.57 Å². The van der Waals surface area contributed by atoms with Crippen LogP contribution in [0, 0.1) is 0 Å². The van der Waals surface area contributed by atoms with Crippen LogP contribution < -0.4 is 4.80 Å². The van der Waals surface area contributed by atoms with Crippen molar-refractivity contribution in [3.05, 3.63) is 29.2 Å². The van der Waals surface area contributed by atoms with Crippen LogP contribution >= 0.6 is 11.3 Å². The lowest BCUT2D eigenvalue weighted by molar-refractivity contribution is 0.736. The zero-order valence-corrected chi connectivity index (χ0v) is 6.77. The number of aromatic nitrogens is 1. The predicted molar refractivity (Wildman–Crippen MR) is 43.7 cm³/mol. The molecule has 1 heterocycles. The minimum absolute atomic E-state index is 0.968. The fourth-order valence-electron chi connectivity index (χ4n) is 0.720. The van der Waals surface area contributed by atoms with E-state index in [4.69, 9.17) is 0 Å². The van der Waals surface area contributed by atoms with E-state index in [1.54, 1.807) is 17.5 Å². The molecule has 10 heavy (non-hydrogen) atoms. The van der Waals surface area contributed by atoms with Crippen LogP contribution in [0.1, 0.15) is 6.92 Å². The summed E-state index contributed by atoms with van der Waals surface area (Å²) in [6, 6.07) is 0. The molecule has 1 rings (SSSR count). The molecule has 0 radical (unpaired) electrons. The molecule has 0 N–H and O–H groups in total. The molecule has 0 saturated heterocycles. The van der Waals surface area contributed by atoms with Crippen LogP contribution in [0.15, 0.2) is 29.3 Å². The fourth-order valence-corrected chi connectivity index (χ4v) is 1.51. The van der Waals surface area contributed by atoms with Crippen LogP contribution in [-0.2, 0) is 6.54 Å². The summed E-state index contributed by atoms with van der Waals surface area (Å²) in [6.45, 7) is 6.60. The molecule has 1 aromatic heterocycles. The van der Waals surface area contributed by atoms with Crippen LogP contribution in [0.4, 0.5) is 0 Å². The van der Waals surface area contributed by atoms with Crippen molar-refractivity contribution in [2.45, 2.75) is 13.5 Å². The number of hydrogen-bond donors (Lipinski definition) is 0. The summed E-state index contributed by atoms with van der Waals surface area (Å²) in [5.41, 5.74) is 0. The van der Waals surface area contributed by atoms with Gasteiger partial charge in [-0.3, -0.25) is 0 Å². The number of thiazole rings is 1. The fraction of sp³-hybridized carbons (Fsp3) is 0.286. The lowest BCUT2D eigenvalue weighted by atomic mass is 10.7. The Morgan fingerprint density at radius 2 is 2.70 bits per heavy atom. The summed E-state index contributed by atoms with van der Waals surface area (Å²) >= 11 is 1.62. The highest BCUT2D eigenvalue weighted by atomic mass is 32.1. The molecule has 0 spiro atoms. The van der Waals surface area contributed by atoms with E-state index in [0.717, 1.165) is 11.3 Å². The lowest BCUT2D eigenvalue weighted by Gasteiger charge is -1.91. The third kappa shape index (κ3) is 1.36. The van der Waals surface area contributed by atoms with Crippen LogP contribution in [0.5, 0.6) is 0 Å². The first-order valence-corrected chi connectivity index (χ1v) is 4.05. The average molecular weight is 154 g/mol. The van der Waals surface area contributed by atoms with E-state index in [0.29, 0.717) is 0 Å². The van der Waals surface area contributed by atoms with Gasteiger partial charge in [-0.2, -0.15) is 0 Å². The zero-order valence-electron chi connectivity index (χ0n) is 5.95. The second-order valence-corrected chi connectivity index (χ2v) is 2.66. The molecule has 3 heteroatoms. The summed E-state index contributed by atoms with van der Waals surface area (Å²) in [6.07, 6.45) is 3.59. The molecule has 0 unspecified atom stereocenters. The van der Waals surface area contributed by atoms with Gasteiger partial charge in [0, 0.05) is 24.3 Å². The van der Waals surface area contributed by atoms with E-state index >= 15 is 0 Å². The SMILES string of the molecule is C=CN=c1sccn1CC. The van der Waals surface area contributed by atoms with Gasteiger partial charge in [0.1, 0.15) is 0 Å². The summed E-state index contributed by atoms with van der Waals surface area (Å²) in [4.78, 5) is 5.09. The highest BCUT2D eigenvalue weighted by molar-refractivity contribution is 7.07. The normalized spacial score (nSPS) is 11.9. The smallest absolute Gasteiger partial charge is 0.189 e. The van der Waals surface area contributed by atoms with E-state index in [1.165, 1.54) is 0 Å². The minimum Gasteiger partial charge on any atom is -0.324 e. The molecule has 0 aromatic carbocycles. The van der Waals surface area contributed by atoms with Gasteiger partial charge in [0.25, 0.3) is 0 Å². The largest absolute Gasteiger partial charge is 0.324 e. The van der Waals surface area contributed by atoms with Gasteiger partial charge in [0.2, 0.25) is 0 Å². The van der Waals surface area contributed by atoms with Crippen molar-refractivity contribution in [1.82, 2.24) is 4.57 Å². The van der Waals surface area contributed by atoms with Crippen LogP contribution in [-0.4, -0.2) is 4.57 Å². The molecule has 0 atom stereocenters. The summed E-state index contributed by atoms with van der Waals surface area (Å²) < 4.78 is 2.08. The van der Waals surface area contributed by atoms with Crippen molar-refractivity contribution < 1.29 is 0 Å². The molecular weight excluding hydrogens is 144 g/mol. The van der Waals surface area contributed by atoms with Crippen LogP contribution in [0.3, 0.4) is 0 Å². The van der Waals surface area contributed by atoms with Gasteiger partial charge in [-0.25, -0.2) is 4.99 Å². The Hall–Kier alpha value is -0.830. The monoisotopic (exact) mass is 154 g/mol. The Morgan fingerprint density at radius 3 is 3.30 bits per heavy atom. The maximum absolute atomic E-state index is 4.08. The average Bonchev–Trinajstić information content (AvgIpc) is 2.36. The van der Waals surface area contributed by atoms with Gasteiger partial charge in [-0.1, -0.05) is 6.58 Å². The summed E-state index contributed by atoms with van der Waals surface area (Å²) in [7, 11) is 0. The molecular formula is C7H10N2S. The lowest BCUT2D eigenvalue weighted by Crippen LogP contribution is -2.11. The number of aryl methyl sites for hydroxylation is 1. The topological polar surface area (TPSA) is 17.3 Å². The summed E-state index contributed by atoms with van der Waals surface area (Å²) in [5.74, 6) is 0. The van der Waals surface area contributed by atoms with E-state index in [2.05, 4.69) is 23.1 Å². The Bertz CT molecular complexity index is 269. The highest BCUT2D eigenvalue weighted by Gasteiger charge is 1.87. The maximum Gasteiger partial charge on any atom is 0.189 e. The molecule has 2 nitrogen and oxygen atoms in total. The van der Waals surface area contributed by atoms with Crippen LogP contribution in [0.2, 0.25) is 0 Å². The Labute approximate surface area is 64.2 Å². The second kappa shape index (κ2) is 3.37. The quantitative estimate of drug-likeness (QED) is 0.616. The van der Waals surface area contributed by atoms with Crippen molar-refractivity contribution in [2.75, 3.05) is 0 Å². The van der Waals surface area contributed by atoms with Crippen molar-refractivity contribution in [2.24, 2.45) is 4.99 Å². The molecule has 0 aliphatic heterocycles. The molecule has 0 saturated carbocycles. The first-order valence-electron chi connectivity index (χ1n) is 3.17. The molecule has 1 aromatic rings. The predicted octanol–water partition coefficient (Wildman–Crippen LogP) is 1.61. The van der Waals surface area contributed by atoms with E-state index in [1.807, 2.05) is 11.6 Å². The second-order valence-electron chi connectivity index (χ2n) is 1.78. The number of rotatable bonds is 2. The van der Waals surface area contributed by atoms with Gasteiger partial charge in [0.05, 0.1) is 0 Å². The Kier molecular flexibility index (Phi) is 2.45. The first kappa shape index (κ1) is 7.28. The number of nitrogens with zero attached hydrogens (tertiary/aromatic N) is 2.